The largest absolute Gasteiger partial charge is 0.462 e. The molecule has 1 N–H and O–H groups in total. The van der Waals surface area contributed by atoms with Gasteiger partial charge in [-0.05, 0) is 37.3 Å². The first-order valence-corrected chi connectivity index (χ1v) is 13.9. The SMILES string of the molecule is CCOC(=O)c1ccc2nc(NC(=O)CSc3nnc(CS(=O)(=O)c4ccccc4)n3C)sc2c1. The molecule has 0 fully saturated rings. The van der Waals surface area contributed by atoms with Crippen LogP contribution in [0.1, 0.15) is 23.1 Å². The molecule has 0 spiro atoms. The summed E-state index contributed by atoms with van der Waals surface area (Å²) < 4.78 is 32.5. The Kier molecular flexibility index (Phi) is 7.48. The first kappa shape index (κ1) is 24.8. The Balaban J connectivity index is 1.37. The maximum Gasteiger partial charge on any atom is 0.338 e. The lowest BCUT2D eigenvalue weighted by Crippen LogP contribution is -2.14. The number of amides is 1. The molecular formula is C22H21N5O5S3. The highest BCUT2D eigenvalue weighted by Crippen LogP contribution is 2.27. The summed E-state index contributed by atoms with van der Waals surface area (Å²) in [4.78, 5) is 29.0. The third-order valence-corrected chi connectivity index (χ3v) is 8.41. The number of hydrogen-bond acceptors (Lipinski definition) is 10. The summed E-state index contributed by atoms with van der Waals surface area (Å²) in [7, 11) is -1.91. The predicted molar refractivity (Wildman–Crippen MR) is 133 cm³/mol. The zero-order chi connectivity index (χ0) is 25.0. The molecule has 182 valence electrons. The first-order chi connectivity index (χ1) is 16.8. The highest BCUT2D eigenvalue weighted by Gasteiger charge is 2.20. The van der Waals surface area contributed by atoms with Crippen molar-refractivity contribution in [3.63, 3.8) is 0 Å². The summed E-state index contributed by atoms with van der Waals surface area (Å²) in [6, 6.07) is 13.1. The van der Waals surface area contributed by atoms with E-state index in [2.05, 4.69) is 20.5 Å². The molecule has 0 aliphatic rings. The molecule has 13 heteroatoms. The summed E-state index contributed by atoms with van der Waals surface area (Å²) in [6.45, 7) is 2.03. The Morgan fingerprint density at radius 3 is 2.66 bits per heavy atom. The Bertz CT molecular complexity index is 1480. The van der Waals surface area contributed by atoms with Gasteiger partial charge in [0, 0.05) is 7.05 Å². The van der Waals surface area contributed by atoms with E-state index in [9.17, 15) is 18.0 Å². The van der Waals surface area contributed by atoms with Crippen LogP contribution in [0.5, 0.6) is 0 Å². The lowest BCUT2D eigenvalue weighted by atomic mass is 10.2. The number of carbonyl (C=O) groups excluding carboxylic acids is 2. The van der Waals surface area contributed by atoms with E-state index < -0.39 is 15.8 Å². The molecule has 0 aliphatic carbocycles. The molecule has 4 rings (SSSR count). The molecule has 2 aromatic heterocycles. The van der Waals surface area contributed by atoms with Crippen LogP contribution in [0.2, 0.25) is 0 Å². The quantitative estimate of drug-likeness (QED) is 0.255. The molecule has 0 bridgehead atoms. The lowest BCUT2D eigenvalue weighted by Gasteiger charge is -2.05. The van der Waals surface area contributed by atoms with E-state index in [1.54, 1.807) is 54.9 Å². The van der Waals surface area contributed by atoms with Crippen molar-refractivity contribution in [2.24, 2.45) is 7.05 Å². The van der Waals surface area contributed by atoms with Crippen LogP contribution in [0, 0.1) is 0 Å². The van der Waals surface area contributed by atoms with Gasteiger partial charge in [-0.1, -0.05) is 41.3 Å². The summed E-state index contributed by atoms with van der Waals surface area (Å²) in [6.07, 6.45) is 0. The second kappa shape index (κ2) is 10.5. The molecule has 0 saturated carbocycles. The molecule has 2 heterocycles. The minimum Gasteiger partial charge on any atom is -0.462 e. The van der Waals surface area contributed by atoms with Gasteiger partial charge in [0.1, 0.15) is 11.6 Å². The molecule has 2 aromatic carbocycles. The van der Waals surface area contributed by atoms with E-state index in [0.29, 0.717) is 21.4 Å². The van der Waals surface area contributed by atoms with Gasteiger partial charge < -0.3 is 14.6 Å². The van der Waals surface area contributed by atoms with Gasteiger partial charge in [-0.3, -0.25) is 4.79 Å². The van der Waals surface area contributed by atoms with E-state index >= 15 is 0 Å². The number of nitrogens with zero attached hydrogens (tertiary/aromatic N) is 4. The molecule has 10 nitrogen and oxygen atoms in total. The Labute approximate surface area is 209 Å². The predicted octanol–water partition coefficient (Wildman–Crippen LogP) is 3.31. The number of thioether (sulfide) groups is 1. The van der Waals surface area contributed by atoms with Crippen molar-refractivity contribution >= 4 is 60.2 Å². The number of rotatable bonds is 9. The number of fused-ring (bicyclic) bond motifs is 1. The second-order valence-corrected chi connectivity index (χ2v) is 11.3. The van der Waals surface area contributed by atoms with Crippen LogP contribution in [0.4, 0.5) is 5.13 Å². The van der Waals surface area contributed by atoms with Crippen molar-refractivity contribution in [1.29, 1.82) is 0 Å². The highest BCUT2D eigenvalue weighted by atomic mass is 32.2. The van der Waals surface area contributed by atoms with E-state index in [4.69, 9.17) is 4.74 Å². The topological polar surface area (TPSA) is 133 Å². The van der Waals surface area contributed by atoms with Gasteiger partial charge in [-0.25, -0.2) is 18.2 Å². The number of thiazole rings is 1. The van der Waals surface area contributed by atoms with Gasteiger partial charge in [-0.15, -0.1) is 10.2 Å². The molecule has 1 amide bonds. The molecular weight excluding hydrogens is 510 g/mol. The number of benzene rings is 2. The van der Waals surface area contributed by atoms with E-state index in [-0.39, 0.29) is 34.7 Å². The van der Waals surface area contributed by atoms with Crippen LogP contribution in [-0.4, -0.2) is 52.4 Å². The van der Waals surface area contributed by atoms with Gasteiger partial charge >= 0.3 is 5.97 Å². The number of sulfone groups is 1. The standard InChI is InChI=1S/C22H21N5O5S3/c1-3-32-20(29)14-9-10-16-17(11-14)34-21(23-16)24-19(28)12-33-22-26-25-18(27(22)2)13-35(30,31)15-7-5-4-6-8-15/h4-11H,3,12-13H2,1-2H3,(H,23,24,28). The summed E-state index contributed by atoms with van der Waals surface area (Å²) in [5.74, 6) is -0.709. The minimum atomic E-state index is -3.57. The van der Waals surface area contributed by atoms with Crippen LogP contribution in [0.25, 0.3) is 10.2 Å². The van der Waals surface area contributed by atoms with Crippen LogP contribution in [0.3, 0.4) is 0 Å². The first-order valence-electron chi connectivity index (χ1n) is 10.4. The lowest BCUT2D eigenvalue weighted by molar-refractivity contribution is -0.113. The van der Waals surface area contributed by atoms with Gasteiger partial charge in [0.05, 0.1) is 33.0 Å². The minimum absolute atomic E-state index is 0.0292. The van der Waals surface area contributed by atoms with Crippen molar-refractivity contribution in [3.8, 4) is 0 Å². The molecule has 0 radical (unpaired) electrons. The maximum atomic E-state index is 12.6. The fraction of sp³-hybridized carbons (Fsp3) is 0.227. The van der Waals surface area contributed by atoms with Crippen molar-refractivity contribution < 1.29 is 22.7 Å². The average Bonchev–Trinajstić information content (AvgIpc) is 3.40. The van der Waals surface area contributed by atoms with Crippen LogP contribution in [-0.2, 0) is 32.2 Å². The van der Waals surface area contributed by atoms with E-state index in [1.807, 2.05) is 0 Å². The monoisotopic (exact) mass is 531 g/mol. The van der Waals surface area contributed by atoms with Gasteiger partial charge in [-0.2, -0.15) is 0 Å². The number of aromatic nitrogens is 4. The molecule has 0 aliphatic heterocycles. The highest BCUT2D eigenvalue weighted by molar-refractivity contribution is 7.99. The fourth-order valence-electron chi connectivity index (χ4n) is 3.08. The third kappa shape index (κ3) is 5.86. The van der Waals surface area contributed by atoms with Gasteiger partial charge in [0.15, 0.2) is 20.1 Å². The maximum absolute atomic E-state index is 12.6. The molecule has 4 aromatic rings. The normalized spacial score (nSPS) is 11.5. The zero-order valence-electron chi connectivity index (χ0n) is 18.8. The smallest absolute Gasteiger partial charge is 0.338 e. The van der Waals surface area contributed by atoms with E-state index in [1.165, 1.54) is 23.5 Å². The third-order valence-electron chi connectivity index (χ3n) is 4.82. The molecule has 0 atom stereocenters. The van der Waals surface area contributed by atoms with Crippen LogP contribution >= 0.6 is 23.1 Å². The number of hydrogen-bond donors (Lipinski definition) is 1. The number of esters is 1. The van der Waals surface area contributed by atoms with Crippen molar-refractivity contribution in [2.75, 3.05) is 17.7 Å². The fourth-order valence-corrected chi connectivity index (χ4v) is 6.06. The Morgan fingerprint density at radius 2 is 1.91 bits per heavy atom. The molecule has 0 saturated heterocycles. The summed E-state index contributed by atoms with van der Waals surface area (Å²) in [5, 5.41) is 11.6. The van der Waals surface area contributed by atoms with Crippen LogP contribution < -0.4 is 5.32 Å². The Morgan fingerprint density at radius 1 is 1.14 bits per heavy atom. The average molecular weight is 532 g/mol. The van der Waals surface area contributed by atoms with Crippen molar-refractivity contribution in [1.82, 2.24) is 19.7 Å². The summed E-state index contributed by atoms with van der Waals surface area (Å²) >= 11 is 2.38. The number of anilines is 1. The molecule has 35 heavy (non-hydrogen) atoms. The van der Waals surface area contributed by atoms with Gasteiger partial charge in [0.2, 0.25) is 5.91 Å². The van der Waals surface area contributed by atoms with Gasteiger partial charge in [0.25, 0.3) is 0 Å². The number of nitrogens with one attached hydrogen (secondary N) is 1. The summed E-state index contributed by atoms with van der Waals surface area (Å²) in [5.41, 5.74) is 1.08. The zero-order valence-corrected chi connectivity index (χ0v) is 21.2. The second-order valence-electron chi connectivity index (χ2n) is 7.29. The van der Waals surface area contributed by atoms with Crippen molar-refractivity contribution in [2.45, 2.75) is 22.7 Å². The number of ether oxygens (including phenoxy) is 1. The van der Waals surface area contributed by atoms with Crippen LogP contribution in [0.15, 0.2) is 58.6 Å². The Hall–Kier alpha value is -3.29. The number of carbonyl (C=O) groups is 2. The van der Waals surface area contributed by atoms with Crippen molar-refractivity contribution in [3.05, 3.63) is 59.9 Å². The molecule has 0 unspecified atom stereocenters. The van der Waals surface area contributed by atoms with E-state index in [0.717, 1.165) is 16.5 Å².